The van der Waals surface area contributed by atoms with Crippen molar-refractivity contribution in [3.05, 3.63) is 66.0 Å². The minimum absolute atomic E-state index is 0.0623. The number of nitrogens with zero attached hydrogens (tertiary/aromatic N) is 4. The molecule has 2 aromatic rings. The fraction of sp³-hybridized carbons (Fsp3) is 0.391. The average molecular weight is 438 g/mol. The van der Waals surface area contributed by atoms with Gasteiger partial charge in [-0.2, -0.15) is 0 Å². The Hall–Kier alpha value is -3.46. The molecule has 168 valence electrons. The number of benzene rings is 1. The zero-order valence-corrected chi connectivity index (χ0v) is 17.8. The highest BCUT2D eigenvalue weighted by Crippen LogP contribution is 2.15. The molecule has 0 radical (unpaired) electrons. The SMILES string of the molecule is O=C(CN1CCOC1=O)N1CC(=O)N(Cc2cccnc2)C[C@H](OCc2ccccc2)C1. The Bertz CT molecular complexity index is 940. The van der Waals surface area contributed by atoms with E-state index in [1.54, 1.807) is 17.3 Å². The molecule has 2 aliphatic rings. The van der Waals surface area contributed by atoms with Gasteiger partial charge in [-0.25, -0.2) is 4.79 Å². The van der Waals surface area contributed by atoms with Crippen LogP contribution in [0.15, 0.2) is 54.9 Å². The van der Waals surface area contributed by atoms with E-state index < -0.39 is 6.09 Å². The Kier molecular flexibility index (Phi) is 6.96. The quantitative estimate of drug-likeness (QED) is 0.647. The summed E-state index contributed by atoms with van der Waals surface area (Å²) in [4.78, 5) is 46.3. The largest absolute Gasteiger partial charge is 0.448 e. The van der Waals surface area contributed by atoms with E-state index in [1.165, 1.54) is 9.80 Å². The molecule has 1 atom stereocenters. The molecule has 2 saturated heterocycles. The molecule has 4 rings (SSSR count). The highest BCUT2D eigenvalue weighted by Gasteiger charge is 2.33. The van der Waals surface area contributed by atoms with Crippen molar-refractivity contribution < 1.29 is 23.9 Å². The third kappa shape index (κ3) is 5.61. The normalized spacial score (nSPS) is 19.1. The summed E-state index contributed by atoms with van der Waals surface area (Å²) >= 11 is 0. The highest BCUT2D eigenvalue weighted by atomic mass is 16.6. The Morgan fingerprint density at radius 2 is 1.88 bits per heavy atom. The van der Waals surface area contributed by atoms with Crippen LogP contribution < -0.4 is 0 Å². The number of aromatic nitrogens is 1. The van der Waals surface area contributed by atoms with Crippen LogP contribution in [0.3, 0.4) is 0 Å². The molecule has 2 aliphatic heterocycles. The van der Waals surface area contributed by atoms with E-state index in [4.69, 9.17) is 9.47 Å². The second-order valence-corrected chi connectivity index (χ2v) is 7.86. The summed E-state index contributed by atoms with van der Waals surface area (Å²) in [6.45, 7) is 1.85. The first kappa shape index (κ1) is 21.8. The first-order chi connectivity index (χ1) is 15.6. The summed E-state index contributed by atoms with van der Waals surface area (Å²) in [7, 11) is 0. The molecule has 1 aromatic heterocycles. The number of rotatable bonds is 7. The Morgan fingerprint density at radius 1 is 1.06 bits per heavy atom. The fourth-order valence-corrected chi connectivity index (χ4v) is 3.76. The van der Waals surface area contributed by atoms with Crippen LogP contribution in [-0.2, 0) is 32.2 Å². The van der Waals surface area contributed by atoms with Crippen LogP contribution in [0.2, 0.25) is 0 Å². The number of carbonyl (C=O) groups excluding carboxylic acids is 3. The minimum Gasteiger partial charge on any atom is -0.448 e. The van der Waals surface area contributed by atoms with E-state index in [2.05, 4.69) is 4.98 Å². The number of amides is 3. The zero-order valence-electron chi connectivity index (χ0n) is 17.8. The van der Waals surface area contributed by atoms with Crippen molar-refractivity contribution >= 4 is 17.9 Å². The third-order valence-corrected chi connectivity index (χ3v) is 5.48. The molecule has 0 bridgehead atoms. The summed E-state index contributed by atoms with van der Waals surface area (Å²) in [6, 6.07) is 13.5. The van der Waals surface area contributed by atoms with E-state index in [1.807, 2.05) is 42.5 Å². The topological polar surface area (TPSA) is 92.3 Å². The van der Waals surface area contributed by atoms with E-state index in [0.717, 1.165) is 11.1 Å². The van der Waals surface area contributed by atoms with Crippen molar-refractivity contribution in [2.24, 2.45) is 0 Å². The predicted molar refractivity (Wildman–Crippen MR) is 114 cm³/mol. The van der Waals surface area contributed by atoms with Gasteiger partial charge in [-0.15, -0.1) is 0 Å². The van der Waals surface area contributed by atoms with Crippen molar-refractivity contribution in [3.63, 3.8) is 0 Å². The van der Waals surface area contributed by atoms with Crippen molar-refractivity contribution in [3.8, 4) is 0 Å². The van der Waals surface area contributed by atoms with Crippen LogP contribution in [0.25, 0.3) is 0 Å². The number of hydrogen-bond donors (Lipinski definition) is 0. The average Bonchev–Trinajstić information content (AvgIpc) is 3.14. The van der Waals surface area contributed by atoms with Crippen molar-refractivity contribution in [2.75, 3.05) is 39.3 Å². The summed E-state index contributed by atoms with van der Waals surface area (Å²) in [5.41, 5.74) is 1.92. The molecule has 0 saturated carbocycles. The molecule has 0 unspecified atom stereocenters. The van der Waals surface area contributed by atoms with Gasteiger partial charge in [0.1, 0.15) is 13.2 Å². The molecule has 1 aromatic carbocycles. The molecule has 32 heavy (non-hydrogen) atoms. The summed E-state index contributed by atoms with van der Waals surface area (Å²) in [5.74, 6) is -0.467. The van der Waals surface area contributed by atoms with Gasteiger partial charge in [0.2, 0.25) is 11.8 Å². The maximum absolute atomic E-state index is 13.0. The Morgan fingerprint density at radius 3 is 2.59 bits per heavy atom. The van der Waals surface area contributed by atoms with Gasteiger partial charge in [0, 0.05) is 32.0 Å². The standard InChI is InChI=1S/C23H26N4O5/c28-21(15-25-9-10-31-23(25)30)27-14-20(32-17-18-5-2-1-3-6-18)13-26(22(29)16-27)12-19-7-4-8-24-11-19/h1-8,11,20H,9-10,12-17H2/t20-/m0/s1. The molecule has 9 heteroatoms. The van der Waals surface area contributed by atoms with Crippen molar-refractivity contribution in [1.82, 2.24) is 19.7 Å². The first-order valence-electron chi connectivity index (χ1n) is 10.6. The van der Waals surface area contributed by atoms with E-state index in [-0.39, 0.29) is 44.2 Å². The molecule has 0 N–H and O–H groups in total. The fourth-order valence-electron chi connectivity index (χ4n) is 3.76. The second-order valence-electron chi connectivity index (χ2n) is 7.86. The number of cyclic esters (lactones) is 1. The van der Waals surface area contributed by atoms with Crippen molar-refractivity contribution in [2.45, 2.75) is 19.3 Å². The molecule has 3 amide bonds. The number of pyridine rings is 1. The molecule has 0 aliphatic carbocycles. The van der Waals surface area contributed by atoms with E-state index >= 15 is 0 Å². The maximum atomic E-state index is 13.0. The summed E-state index contributed by atoms with van der Waals surface area (Å²) < 4.78 is 11.0. The van der Waals surface area contributed by atoms with Gasteiger partial charge in [-0.3, -0.25) is 19.5 Å². The minimum atomic E-state index is -0.505. The maximum Gasteiger partial charge on any atom is 0.410 e. The van der Waals surface area contributed by atoms with Gasteiger partial charge in [-0.05, 0) is 17.2 Å². The number of hydrogen-bond acceptors (Lipinski definition) is 6. The van der Waals surface area contributed by atoms with Gasteiger partial charge in [0.15, 0.2) is 0 Å². The lowest BCUT2D eigenvalue weighted by Crippen LogP contribution is -2.45. The highest BCUT2D eigenvalue weighted by molar-refractivity contribution is 5.88. The van der Waals surface area contributed by atoms with Crippen LogP contribution in [0.1, 0.15) is 11.1 Å². The predicted octanol–water partition coefficient (Wildman–Crippen LogP) is 1.29. The van der Waals surface area contributed by atoms with Crippen LogP contribution in [0.4, 0.5) is 4.79 Å². The number of ether oxygens (including phenoxy) is 2. The van der Waals surface area contributed by atoms with Crippen LogP contribution >= 0.6 is 0 Å². The smallest absolute Gasteiger partial charge is 0.410 e. The first-order valence-corrected chi connectivity index (χ1v) is 10.6. The molecule has 0 spiro atoms. The lowest BCUT2D eigenvalue weighted by molar-refractivity contribution is -0.139. The van der Waals surface area contributed by atoms with E-state index in [0.29, 0.717) is 26.2 Å². The molecular formula is C23H26N4O5. The number of carbonyl (C=O) groups is 3. The summed E-state index contributed by atoms with van der Waals surface area (Å²) in [6.07, 6.45) is 2.53. The molecule has 2 fully saturated rings. The van der Waals surface area contributed by atoms with Crippen LogP contribution in [-0.4, -0.2) is 83.0 Å². The van der Waals surface area contributed by atoms with Gasteiger partial charge < -0.3 is 19.3 Å². The molecule has 3 heterocycles. The third-order valence-electron chi connectivity index (χ3n) is 5.48. The summed E-state index contributed by atoms with van der Waals surface area (Å²) in [5, 5.41) is 0. The molecule has 9 nitrogen and oxygen atoms in total. The van der Waals surface area contributed by atoms with Gasteiger partial charge in [0.25, 0.3) is 0 Å². The van der Waals surface area contributed by atoms with Crippen molar-refractivity contribution in [1.29, 1.82) is 0 Å². The van der Waals surface area contributed by atoms with Crippen LogP contribution in [0.5, 0.6) is 0 Å². The van der Waals surface area contributed by atoms with Gasteiger partial charge in [-0.1, -0.05) is 36.4 Å². The lowest BCUT2D eigenvalue weighted by Gasteiger charge is -2.25. The monoisotopic (exact) mass is 438 g/mol. The second kappa shape index (κ2) is 10.2. The lowest BCUT2D eigenvalue weighted by atomic mass is 10.2. The van der Waals surface area contributed by atoms with E-state index in [9.17, 15) is 14.4 Å². The van der Waals surface area contributed by atoms with Gasteiger partial charge in [0.05, 0.1) is 25.8 Å². The Balaban J connectivity index is 1.47. The zero-order chi connectivity index (χ0) is 22.3. The van der Waals surface area contributed by atoms with Gasteiger partial charge >= 0.3 is 6.09 Å². The molecular weight excluding hydrogens is 412 g/mol. The van der Waals surface area contributed by atoms with Crippen LogP contribution in [0, 0.1) is 0 Å². The Labute approximate surface area is 186 Å².